The Balaban J connectivity index is 2.00. The van der Waals surface area contributed by atoms with Gasteiger partial charge in [0.1, 0.15) is 0 Å². The van der Waals surface area contributed by atoms with Crippen LogP contribution in [0.4, 0.5) is 0 Å². The topological polar surface area (TPSA) is 56.9 Å². The highest BCUT2D eigenvalue weighted by Crippen LogP contribution is 2.29. The van der Waals surface area contributed by atoms with Crippen LogP contribution in [0.1, 0.15) is 25.8 Å². The molecule has 1 aromatic heterocycles. The second kappa shape index (κ2) is 8.31. The van der Waals surface area contributed by atoms with E-state index >= 15 is 0 Å². The molecule has 1 amide bonds. The van der Waals surface area contributed by atoms with E-state index in [2.05, 4.69) is 67.4 Å². The van der Waals surface area contributed by atoms with Crippen molar-refractivity contribution in [3.05, 3.63) is 32.8 Å². The van der Waals surface area contributed by atoms with E-state index in [-0.39, 0.29) is 11.9 Å². The van der Waals surface area contributed by atoms with Crippen molar-refractivity contribution in [1.82, 2.24) is 15.6 Å². The van der Waals surface area contributed by atoms with Crippen LogP contribution in [-0.4, -0.2) is 30.5 Å². The van der Waals surface area contributed by atoms with E-state index in [1.165, 1.54) is 10.9 Å². The Hall–Kier alpha value is -0.850. The van der Waals surface area contributed by atoms with Crippen LogP contribution in [0.25, 0.3) is 10.9 Å². The molecule has 0 bridgehead atoms. The average molecular weight is 445 g/mol. The minimum Gasteiger partial charge on any atom is -0.354 e. The van der Waals surface area contributed by atoms with Crippen molar-refractivity contribution in [2.45, 2.75) is 32.7 Å². The van der Waals surface area contributed by atoms with Crippen LogP contribution < -0.4 is 10.6 Å². The summed E-state index contributed by atoms with van der Waals surface area (Å²) in [6.07, 6.45) is 1.62. The Kier molecular flexibility index (Phi) is 6.68. The molecule has 1 aromatic carbocycles. The number of carbonyl (C=O) groups is 1. The number of benzene rings is 1. The normalized spacial score (nSPS) is 12.8. The maximum absolute atomic E-state index is 12.2. The van der Waals surface area contributed by atoms with Gasteiger partial charge < -0.3 is 15.6 Å². The van der Waals surface area contributed by atoms with Gasteiger partial charge in [-0.3, -0.25) is 4.79 Å². The Morgan fingerprint density at radius 3 is 2.70 bits per heavy atom. The van der Waals surface area contributed by atoms with Crippen molar-refractivity contribution in [2.75, 3.05) is 13.6 Å². The van der Waals surface area contributed by atoms with Crippen LogP contribution in [-0.2, 0) is 11.2 Å². The number of rotatable bonds is 7. The van der Waals surface area contributed by atoms with E-state index in [1.54, 1.807) is 0 Å². The van der Waals surface area contributed by atoms with Crippen molar-refractivity contribution < 1.29 is 4.79 Å². The maximum Gasteiger partial charge on any atom is 0.237 e. The fraction of sp³-hybridized carbons (Fsp3) is 0.471. The molecule has 6 heteroatoms. The summed E-state index contributed by atoms with van der Waals surface area (Å²) in [6.45, 7) is 4.87. The van der Waals surface area contributed by atoms with Crippen LogP contribution in [0.5, 0.6) is 0 Å². The Morgan fingerprint density at radius 2 is 2.04 bits per heavy atom. The van der Waals surface area contributed by atoms with Gasteiger partial charge in [0.15, 0.2) is 0 Å². The number of carbonyl (C=O) groups excluding carboxylic acids is 1. The van der Waals surface area contributed by atoms with Crippen molar-refractivity contribution in [2.24, 2.45) is 5.92 Å². The van der Waals surface area contributed by atoms with Gasteiger partial charge in [-0.1, -0.05) is 29.8 Å². The first-order chi connectivity index (χ1) is 10.9. The summed E-state index contributed by atoms with van der Waals surface area (Å²) >= 11 is 7.09. The molecule has 3 N–H and O–H groups in total. The molecule has 0 saturated carbocycles. The SMILES string of the molecule is CN[C@@H](CC(C)C)C(=O)NCCc1c(Br)[nH]c2ccc(Br)cc12. The first-order valence-electron chi connectivity index (χ1n) is 7.83. The van der Waals surface area contributed by atoms with Crippen molar-refractivity contribution in [1.29, 1.82) is 0 Å². The smallest absolute Gasteiger partial charge is 0.237 e. The molecule has 2 aromatic rings. The largest absolute Gasteiger partial charge is 0.354 e. The minimum atomic E-state index is -0.129. The molecule has 2 rings (SSSR count). The van der Waals surface area contributed by atoms with Crippen molar-refractivity contribution >= 4 is 48.7 Å². The summed E-state index contributed by atoms with van der Waals surface area (Å²) in [5.74, 6) is 0.552. The molecular weight excluding hydrogens is 422 g/mol. The van der Waals surface area contributed by atoms with Crippen molar-refractivity contribution in [3.8, 4) is 0 Å². The molecule has 1 heterocycles. The number of aromatic amines is 1. The second-order valence-corrected chi connectivity index (χ2v) is 7.83. The highest BCUT2D eigenvalue weighted by molar-refractivity contribution is 9.10. The quantitative estimate of drug-likeness (QED) is 0.604. The molecule has 0 fully saturated rings. The molecule has 0 aliphatic carbocycles. The zero-order valence-corrected chi connectivity index (χ0v) is 16.8. The first kappa shape index (κ1) is 18.5. The third kappa shape index (κ3) is 4.81. The summed E-state index contributed by atoms with van der Waals surface area (Å²) in [6, 6.07) is 6.03. The Morgan fingerprint density at radius 1 is 1.30 bits per heavy atom. The molecule has 0 saturated heterocycles. The molecule has 0 aliphatic heterocycles. The minimum absolute atomic E-state index is 0.0679. The lowest BCUT2D eigenvalue weighted by Gasteiger charge is -2.17. The number of likely N-dealkylation sites (N-methyl/N-ethyl adjacent to an activating group) is 1. The van der Waals surface area contributed by atoms with Gasteiger partial charge in [0.25, 0.3) is 0 Å². The number of amides is 1. The lowest BCUT2D eigenvalue weighted by molar-refractivity contribution is -0.123. The Labute approximate surface area is 154 Å². The standard InChI is InChI=1S/C17H23Br2N3O/c1-10(2)8-15(20-3)17(23)21-7-6-12-13-9-11(18)4-5-14(13)22-16(12)19/h4-5,9-10,15,20,22H,6-8H2,1-3H3,(H,21,23)/t15-/m0/s1. The molecule has 0 radical (unpaired) electrons. The van der Waals surface area contributed by atoms with Gasteiger partial charge in [-0.15, -0.1) is 0 Å². The lowest BCUT2D eigenvalue weighted by atomic mass is 10.0. The van der Waals surface area contributed by atoms with Crippen LogP contribution in [0.3, 0.4) is 0 Å². The summed E-state index contributed by atoms with van der Waals surface area (Å²) in [4.78, 5) is 15.6. The van der Waals surface area contributed by atoms with Crippen LogP contribution in [0, 0.1) is 5.92 Å². The number of hydrogen-bond donors (Lipinski definition) is 3. The predicted molar refractivity (Wildman–Crippen MR) is 103 cm³/mol. The van der Waals surface area contributed by atoms with Crippen LogP contribution in [0.2, 0.25) is 0 Å². The van der Waals surface area contributed by atoms with E-state index in [0.717, 1.165) is 27.4 Å². The zero-order valence-electron chi connectivity index (χ0n) is 13.7. The van der Waals surface area contributed by atoms with Gasteiger partial charge in [-0.2, -0.15) is 0 Å². The fourth-order valence-electron chi connectivity index (χ4n) is 2.69. The number of hydrogen-bond acceptors (Lipinski definition) is 2. The molecule has 0 spiro atoms. The highest BCUT2D eigenvalue weighted by atomic mass is 79.9. The average Bonchev–Trinajstić information content (AvgIpc) is 2.80. The van der Waals surface area contributed by atoms with Crippen LogP contribution >= 0.6 is 31.9 Å². The van der Waals surface area contributed by atoms with Gasteiger partial charge in [0, 0.05) is 21.9 Å². The Bertz CT molecular complexity index is 682. The monoisotopic (exact) mass is 443 g/mol. The predicted octanol–water partition coefficient (Wildman–Crippen LogP) is 3.99. The van der Waals surface area contributed by atoms with E-state index in [1.807, 2.05) is 19.2 Å². The third-order valence-corrected chi connectivity index (χ3v) is 5.03. The number of nitrogens with one attached hydrogen (secondary N) is 3. The summed E-state index contributed by atoms with van der Waals surface area (Å²) in [5.41, 5.74) is 2.28. The van der Waals surface area contributed by atoms with Gasteiger partial charge in [0.2, 0.25) is 5.91 Å². The fourth-order valence-corrected chi connectivity index (χ4v) is 3.68. The first-order valence-corrected chi connectivity index (χ1v) is 9.41. The molecular formula is C17H23Br2N3O. The van der Waals surface area contributed by atoms with Gasteiger partial charge in [-0.05, 0) is 65.5 Å². The number of H-pyrrole nitrogens is 1. The molecule has 1 atom stereocenters. The molecule has 126 valence electrons. The van der Waals surface area contributed by atoms with E-state index < -0.39 is 0 Å². The zero-order chi connectivity index (χ0) is 17.0. The van der Waals surface area contributed by atoms with E-state index in [9.17, 15) is 4.79 Å². The third-order valence-electron chi connectivity index (χ3n) is 3.86. The maximum atomic E-state index is 12.2. The second-order valence-electron chi connectivity index (χ2n) is 6.12. The highest BCUT2D eigenvalue weighted by Gasteiger charge is 2.17. The van der Waals surface area contributed by atoms with Gasteiger partial charge >= 0.3 is 0 Å². The van der Waals surface area contributed by atoms with E-state index in [4.69, 9.17) is 0 Å². The summed E-state index contributed by atoms with van der Waals surface area (Å²) < 4.78 is 2.03. The molecule has 0 aliphatic rings. The van der Waals surface area contributed by atoms with Gasteiger partial charge in [-0.25, -0.2) is 0 Å². The molecule has 4 nitrogen and oxygen atoms in total. The summed E-state index contributed by atoms with van der Waals surface area (Å²) in [7, 11) is 1.83. The van der Waals surface area contributed by atoms with Crippen molar-refractivity contribution in [3.63, 3.8) is 0 Å². The van der Waals surface area contributed by atoms with Gasteiger partial charge in [0.05, 0.1) is 10.6 Å². The molecule has 23 heavy (non-hydrogen) atoms. The van der Waals surface area contributed by atoms with E-state index in [0.29, 0.717) is 12.5 Å². The molecule has 0 unspecified atom stereocenters. The lowest BCUT2D eigenvalue weighted by Crippen LogP contribution is -2.43. The number of aromatic nitrogens is 1. The number of halogens is 2. The number of fused-ring (bicyclic) bond motifs is 1. The summed E-state index contributed by atoms with van der Waals surface area (Å²) in [5, 5.41) is 7.30. The van der Waals surface area contributed by atoms with Crippen LogP contribution in [0.15, 0.2) is 27.3 Å².